The predicted octanol–water partition coefficient (Wildman–Crippen LogP) is 4.58. The molecule has 2 aromatic rings. The number of para-hydroxylation sites is 1. The monoisotopic (exact) mass is 340 g/mol. The van der Waals surface area contributed by atoms with Crippen LogP contribution in [0.1, 0.15) is 44.5 Å². The van der Waals surface area contributed by atoms with E-state index in [2.05, 4.69) is 0 Å². The molecule has 4 nitrogen and oxygen atoms in total. The van der Waals surface area contributed by atoms with Crippen LogP contribution in [0.3, 0.4) is 0 Å². The van der Waals surface area contributed by atoms with E-state index in [1.165, 1.54) is 0 Å². The number of benzene rings is 2. The lowest BCUT2D eigenvalue weighted by Gasteiger charge is -2.35. The van der Waals surface area contributed by atoms with Crippen LogP contribution in [0.2, 0.25) is 0 Å². The number of nitrogens with zero attached hydrogens (tertiary/aromatic N) is 2. The average molecular weight is 340 g/mol. The summed E-state index contributed by atoms with van der Waals surface area (Å²) in [4.78, 5) is 27.9. The van der Waals surface area contributed by atoms with Crippen molar-refractivity contribution in [2.24, 2.45) is 0 Å². The minimum atomic E-state index is -0.0379. The molecule has 0 atom stereocenters. The van der Waals surface area contributed by atoms with Crippen molar-refractivity contribution in [1.82, 2.24) is 4.90 Å². The van der Waals surface area contributed by atoms with Crippen molar-refractivity contribution in [3.63, 3.8) is 0 Å². The summed E-state index contributed by atoms with van der Waals surface area (Å²) in [5.41, 5.74) is 1.48. The maximum atomic E-state index is 12.5. The molecule has 0 N–H and O–H groups in total. The Morgan fingerprint density at radius 3 is 1.92 bits per heavy atom. The van der Waals surface area contributed by atoms with E-state index in [4.69, 9.17) is 0 Å². The predicted molar refractivity (Wildman–Crippen MR) is 104 cm³/mol. The van der Waals surface area contributed by atoms with Gasteiger partial charge in [-0.15, -0.1) is 0 Å². The summed E-state index contributed by atoms with van der Waals surface area (Å²) < 4.78 is 0. The number of amides is 2. The van der Waals surface area contributed by atoms with Crippen LogP contribution in [0.5, 0.6) is 0 Å². The van der Waals surface area contributed by atoms with Gasteiger partial charge in [0.2, 0.25) is 5.91 Å². The van der Waals surface area contributed by atoms with Gasteiger partial charge in [0.25, 0.3) is 5.91 Å². The Balaban J connectivity index is 0.000000730. The third-order valence-corrected chi connectivity index (χ3v) is 3.58. The van der Waals surface area contributed by atoms with Crippen LogP contribution in [0.25, 0.3) is 0 Å². The Morgan fingerprint density at radius 2 is 1.36 bits per heavy atom. The maximum Gasteiger partial charge on any atom is 0.255 e. The summed E-state index contributed by atoms with van der Waals surface area (Å²) in [6, 6.07) is 18.6. The largest absolute Gasteiger partial charge is 0.320 e. The summed E-state index contributed by atoms with van der Waals surface area (Å²) in [6.07, 6.45) is 0.355. The van der Waals surface area contributed by atoms with Gasteiger partial charge in [-0.3, -0.25) is 14.5 Å². The van der Waals surface area contributed by atoms with Gasteiger partial charge in [0.1, 0.15) is 6.67 Å². The average Bonchev–Trinajstić information content (AvgIpc) is 2.72. The Hall–Kier alpha value is -2.62. The third kappa shape index (κ3) is 5.45. The molecule has 0 saturated carbocycles. The van der Waals surface area contributed by atoms with Crippen molar-refractivity contribution in [2.75, 3.05) is 18.1 Å². The third-order valence-electron chi connectivity index (χ3n) is 3.58. The summed E-state index contributed by atoms with van der Waals surface area (Å²) in [7, 11) is 0. The standard InChI is InChI=1S/C17H16N2O2.2C2H6/c20-16-11-12-18(17(21)14-7-3-1-4-8-14)13-19(16)15-9-5-2-6-10-15;2*1-2/h1-10H,11-13H2;2*1-2H3. The molecule has 0 radical (unpaired) electrons. The molecule has 2 aromatic carbocycles. The number of hydrogen-bond acceptors (Lipinski definition) is 2. The van der Waals surface area contributed by atoms with Crippen LogP contribution in [0, 0.1) is 0 Å². The molecule has 1 heterocycles. The molecule has 2 amide bonds. The number of rotatable bonds is 2. The normalized spacial score (nSPS) is 13.2. The van der Waals surface area contributed by atoms with E-state index in [1.54, 1.807) is 21.9 Å². The van der Waals surface area contributed by atoms with E-state index in [0.29, 0.717) is 25.2 Å². The maximum absolute atomic E-state index is 12.5. The van der Waals surface area contributed by atoms with Crippen LogP contribution in [0.15, 0.2) is 60.7 Å². The molecular weight excluding hydrogens is 312 g/mol. The molecule has 0 aliphatic carbocycles. The molecule has 0 spiro atoms. The highest BCUT2D eigenvalue weighted by atomic mass is 16.2. The van der Waals surface area contributed by atoms with Crippen molar-refractivity contribution >= 4 is 17.5 Å². The fourth-order valence-corrected chi connectivity index (χ4v) is 2.45. The Kier molecular flexibility index (Phi) is 9.01. The fourth-order valence-electron chi connectivity index (χ4n) is 2.45. The molecule has 25 heavy (non-hydrogen) atoms. The minimum absolute atomic E-state index is 0.0379. The van der Waals surface area contributed by atoms with Crippen LogP contribution in [-0.4, -0.2) is 29.9 Å². The quantitative estimate of drug-likeness (QED) is 0.803. The first-order chi connectivity index (χ1) is 12.3. The highest BCUT2D eigenvalue weighted by Crippen LogP contribution is 2.20. The molecule has 1 aliphatic rings. The first-order valence-electron chi connectivity index (χ1n) is 8.95. The second kappa shape index (κ2) is 11.0. The first-order valence-corrected chi connectivity index (χ1v) is 8.95. The topological polar surface area (TPSA) is 40.6 Å². The zero-order valence-corrected chi connectivity index (χ0v) is 15.6. The van der Waals surface area contributed by atoms with Gasteiger partial charge in [-0.2, -0.15) is 0 Å². The highest BCUT2D eigenvalue weighted by Gasteiger charge is 2.28. The van der Waals surface area contributed by atoms with E-state index in [0.717, 1.165) is 5.69 Å². The molecule has 0 bridgehead atoms. The molecule has 0 aromatic heterocycles. The molecule has 134 valence electrons. The summed E-state index contributed by atoms with van der Waals surface area (Å²) in [5, 5.41) is 0. The Morgan fingerprint density at radius 1 is 0.840 bits per heavy atom. The summed E-state index contributed by atoms with van der Waals surface area (Å²) in [6.45, 7) is 8.77. The molecule has 0 unspecified atom stereocenters. The first kappa shape index (κ1) is 20.4. The van der Waals surface area contributed by atoms with Gasteiger partial charge in [0, 0.05) is 24.2 Å². The van der Waals surface area contributed by atoms with E-state index < -0.39 is 0 Å². The van der Waals surface area contributed by atoms with E-state index in [1.807, 2.05) is 76.2 Å². The van der Waals surface area contributed by atoms with Gasteiger partial charge in [0.05, 0.1) is 0 Å². The van der Waals surface area contributed by atoms with E-state index in [-0.39, 0.29) is 11.8 Å². The lowest BCUT2D eigenvalue weighted by atomic mass is 10.1. The molecular formula is C21H28N2O2. The zero-order valence-electron chi connectivity index (χ0n) is 15.6. The van der Waals surface area contributed by atoms with Crippen molar-refractivity contribution in [2.45, 2.75) is 34.1 Å². The van der Waals surface area contributed by atoms with E-state index in [9.17, 15) is 9.59 Å². The zero-order chi connectivity index (χ0) is 18.7. The van der Waals surface area contributed by atoms with Gasteiger partial charge in [-0.25, -0.2) is 0 Å². The Labute approximate surface area is 151 Å². The van der Waals surface area contributed by atoms with Crippen LogP contribution >= 0.6 is 0 Å². The highest BCUT2D eigenvalue weighted by molar-refractivity contribution is 5.99. The fraction of sp³-hybridized carbons (Fsp3) is 0.333. The SMILES string of the molecule is CC.CC.O=C(c1ccccc1)N1CCC(=O)N(c2ccccc2)C1. The number of carbonyl (C=O) groups is 2. The number of carbonyl (C=O) groups excluding carboxylic acids is 2. The van der Waals surface area contributed by atoms with Crippen molar-refractivity contribution < 1.29 is 9.59 Å². The molecule has 3 rings (SSSR count). The van der Waals surface area contributed by atoms with Crippen molar-refractivity contribution in [1.29, 1.82) is 0 Å². The van der Waals surface area contributed by atoms with Crippen molar-refractivity contribution in [3.8, 4) is 0 Å². The molecule has 1 aliphatic heterocycles. The lowest BCUT2D eigenvalue weighted by molar-refractivity contribution is -0.120. The lowest BCUT2D eigenvalue weighted by Crippen LogP contribution is -2.50. The second-order valence-corrected chi connectivity index (χ2v) is 4.98. The minimum Gasteiger partial charge on any atom is -0.320 e. The van der Waals surface area contributed by atoms with Crippen LogP contribution in [0.4, 0.5) is 5.69 Å². The number of hydrogen-bond donors (Lipinski definition) is 0. The Bertz CT molecular complexity index is 641. The molecule has 4 heteroatoms. The molecule has 1 fully saturated rings. The van der Waals surface area contributed by atoms with E-state index >= 15 is 0 Å². The summed E-state index contributed by atoms with van der Waals surface area (Å²) in [5.74, 6) is 0.0161. The van der Waals surface area contributed by atoms with Gasteiger partial charge in [0.15, 0.2) is 0 Å². The van der Waals surface area contributed by atoms with Gasteiger partial charge in [-0.05, 0) is 24.3 Å². The van der Waals surface area contributed by atoms with Gasteiger partial charge < -0.3 is 4.90 Å². The number of anilines is 1. The van der Waals surface area contributed by atoms with Crippen molar-refractivity contribution in [3.05, 3.63) is 66.2 Å². The molecule has 1 saturated heterocycles. The second-order valence-electron chi connectivity index (χ2n) is 4.98. The smallest absolute Gasteiger partial charge is 0.255 e. The van der Waals surface area contributed by atoms with Gasteiger partial charge in [-0.1, -0.05) is 64.1 Å². The summed E-state index contributed by atoms with van der Waals surface area (Å²) >= 11 is 0. The van der Waals surface area contributed by atoms with Crippen LogP contribution in [-0.2, 0) is 4.79 Å². The van der Waals surface area contributed by atoms with Crippen LogP contribution < -0.4 is 4.90 Å². The van der Waals surface area contributed by atoms with Gasteiger partial charge >= 0.3 is 0 Å².